The van der Waals surface area contributed by atoms with Crippen LogP contribution < -0.4 is 0 Å². The summed E-state index contributed by atoms with van der Waals surface area (Å²) >= 11 is 0. The van der Waals surface area contributed by atoms with Crippen LogP contribution in [0.25, 0.3) is 11.3 Å². The van der Waals surface area contributed by atoms with Gasteiger partial charge in [-0.3, -0.25) is 0 Å². The molecule has 3 heteroatoms. The summed E-state index contributed by atoms with van der Waals surface area (Å²) in [6.45, 7) is 2.99. The van der Waals surface area contributed by atoms with Crippen LogP contribution in [0.2, 0.25) is 0 Å². The Bertz CT molecular complexity index is 714. The minimum absolute atomic E-state index is 0.753. The Hall–Kier alpha value is -2.42. The second-order valence-electron chi connectivity index (χ2n) is 5.94. The zero-order chi connectivity index (χ0) is 15.9. The lowest BCUT2D eigenvalue weighted by Gasteiger charge is -2.02. The Kier molecular flexibility index (Phi) is 5.20. The summed E-state index contributed by atoms with van der Waals surface area (Å²) in [6.07, 6.45) is 7.01. The molecule has 3 nitrogen and oxygen atoms in total. The van der Waals surface area contributed by atoms with E-state index in [0.717, 1.165) is 24.2 Å². The van der Waals surface area contributed by atoms with Crippen LogP contribution in [0.5, 0.6) is 0 Å². The number of benzene rings is 2. The third-order valence-corrected chi connectivity index (χ3v) is 4.04. The van der Waals surface area contributed by atoms with E-state index >= 15 is 0 Å². The quantitative estimate of drug-likeness (QED) is 0.591. The van der Waals surface area contributed by atoms with Crippen LogP contribution in [0, 0.1) is 0 Å². The Morgan fingerprint density at radius 3 is 2.39 bits per heavy atom. The summed E-state index contributed by atoms with van der Waals surface area (Å²) in [6, 6.07) is 19.0. The van der Waals surface area contributed by atoms with E-state index in [9.17, 15) is 0 Å². The van der Waals surface area contributed by atoms with Crippen molar-refractivity contribution in [3.05, 3.63) is 71.9 Å². The minimum Gasteiger partial charge on any atom is -0.247 e. The minimum atomic E-state index is 0.753. The highest BCUT2D eigenvalue weighted by Crippen LogP contribution is 2.18. The largest absolute Gasteiger partial charge is 0.247 e. The van der Waals surface area contributed by atoms with Crippen molar-refractivity contribution < 1.29 is 0 Å². The highest BCUT2D eigenvalue weighted by Gasteiger charge is 2.04. The van der Waals surface area contributed by atoms with Crippen LogP contribution in [0.3, 0.4) is 0 Å². The number of hydrogen-bond acceptors (Lipinski definition) is 2. The molecule has 2 aromatic carbocycles. The lowest BCUT2D eigenvalue weighted by molar-refractivity contribution is 0.650. The van der Waals surface area contributed by atoms with Gasteiger partial charge in [0.15, 0.2) is 0 Å². The summed E-state index contributed by atoms with van der Waals surface area (Å²) in [5.41, 5.74) is 4.69. The van der Waals surface area contributed by atoms with Crippen molar-refractivity contribution in [2.75, 3.05) is 0 Å². The van der Waals surface area contributed by atoms with Gasteiger partial charge in [-0.2, -0.15) is 0 Å². The number of unbranched alkanes of at least 4 members (excludes halogenated alkanes) is 2. The van der Waals surface area contributed by atoms with Gasteiger partial charge >= 0.3 is 0 Å². The number of rotatable bonds is 7. The molecule has 0 bridgehead atoms. The monoisotopic (exact) mass is 305 g/mol. The molecule has 118 valence electrons. The number of nitrogens with zero attached hydrogens (tertiary/aromatic N) is 3. The van der Waals surface area contributed by atoms with Gasteiger partial charge in [-0.1, -0.05) is 79.6 Å². The van der Waals surface area contributed by atoms with Crippen LogP contribution in [0.4, 0.5) is 0 Å². The zero-order valence-corrected chi connectivity index (χ0v) is 13.7. The van der Waals surface area contributed by atoms with Crippen LogP contribution in [0.1, 0.15) is 37.3 Å². The molecule has 1 aromatic heterocycles. The van der Waals surface area contributed by atoms with Gasteiger partial charge in [-0.15, -0.1) is 5.10 Å². The van der Waals surface area contributed by atoms with E-state index in [0.29, 0.717) is 0 Å². The molecule has 0 saturated heterocycles. The average molecular weight is 305 g/mol. The first kappa shape index (κ1) is 15.5. The van der Waals surface area contributed by atoms with E-state index in [1.807, 2.05) is 29.1 Å². The molecule has 0 radical (unpaired) electrons. The molecule has 3 rings (SSSR count). The van der Waals surface area contributed by atoms with Crippen LogP contribution >= 0.6 is 0 Å². The molecule has 0 aliphatic carbocycles. The molecule has 0 aliphatic rings. The van der Waals surface area contributed by atoms with Crippen molar-refractivity contribution in [3.8, 4) is 11.3 Å². The van der Waals surface area contributed by atoms with Crippen molar-refractivity contribution in [1.29, 1.82) is 0 Å². The van der Waals surface area contributed by atoms with Crippen molar-refractivity contribution in [3.63, 3.8) is 0 Å². The Balaban J connectivity index is 1.65. The molecule has 1 heterocycles. The Morgan fingerprint density at radius 2 is 1.65 bits per heavy atom. The lowest BCUT2D eigenvalue weighted by Crippen LogP contribution is -1.99. The Labute approximate surface area is 138 Å². The summed E-state index contributed by atoms with van der Waals surface area (Å²) in [5, 5.41) is 8.54. The molecular formula is C20H23N3. The van der Waals surface area contributed by atoms with E-state index in [1.54, 1.807) is 0 Å². The van der Waals surface area contributed by atoms with E-state index in [-0.39, 0.29) is 0 Å². The molecule has 0 fully saturated rings. The Morgan fingerprint density at radius 1 is 0.870 bits per heavy atom. The maximum absolute atomic E-state index is 4.30. The molecule has 0 aliphatic heterocycles. The molecule has 0 atom stereocenters. The first-order valence-electron chi connectivity index (χ1n) is 8.38. The van der Waals surface area contributed by atoms with Gasteiger partial charge in [0.25, 0.3) is 0 Å². The van der Waals surface area contributed by atoms with Gasteiger partial charge in [0.2, 0.25) is 0 Å². The molecule has 0 amide bonds. The van der Waals surface area contributed by atoms with Gasteiger partial charge in [0, 0.05) is 5.56 Å². The lowest BCUT2D eigenvalue weighted by atomic mass is 10.0. The van der Waals surface area contributed by atoms with Crippen LogP contribution in [-0.4, -0.2) is 15.0 Å². The SMILES string of the molecule is CCCCCc1ccc(-c2cn(Cc3ccccc3)nn2)cc1. The predicted octanol–water partition coefficient (Wildman–Crippen LogP) is 4.73. The van der Waals surface area contributed by atoms with Crippen molar-refractivity contribution >= 4 is 0 Å². The van der Waals surface area contributed by atoms with Crippen molar-refractivity contribution in [2.45, 2.75) is 39.2 Å². The summed E-state index contributed by atoms with van der Waals surface area (Å²) in [4.78, 5) is 0. The fraction of sp³-hybridized carbons (Fsp3) is 0.300. The first-order valence-corrected chi connectivity index (χ1v) is 8.38. The molecule has 0 N–H and O–H groups in total. The average Bonchev–Trinajstić information content (AvgIpc) is 3.05. The van der Waals surface area contributed by atoms with Crippen LogP contribution in [-0.2, 0) is 13.0 Å². The fourth-order valence-corrected chi connectivity index (χ4v) is 2.70. The predicted molar refractivity (Wildman–Crippen MR) is 94.2 cm³/mol. The first-order chi connectivity index (χ1) is 11.3. The molecule has 23 heavy (non-hydrogen) atoms. The smallest absolute Gasteiger partial charge is 0.113 e. The van der Waals surface area contributed by atoms with E-state index < -0.39 is 0 Å². The second-order valence-corrected chi connectivity index (χ2v) is 5.94. The van der Waals surface area contributed by atoms with Gasteiger partial charge in [0.1, 0.15) is 5.69 Å². The molecule has 0 unspecified atom stereocenters. The van der Waals surface area contributed by atoms with Crippen molar-refractivity contribution in [1.82, 2.24) is 15.0 Å². The standard InChI is InChI=1S/C20H23N3/c1-2-3-5-8-17-11-13-19(14-12-17)20-16-23(22-21-20)15-18-9-6-4-7-10-18/h4,6-7,9-14,16H,2-3,5,8,15H2,1H3. The summed E-state index contributed by atoms with van der Waals surface area (Å²) < 4.78 is 1.89. The van der Waals surface area contributed by atoms with E-state index in [4.69, 9.17) is 0 Å². The zero-order valence-electron chi connectivity index (χ0n) is 13.7. The summed E-state index contributed by atoms with van der Waals surface area (Å²) in [5.74, 6) is 0. The molecule has 3 aromatic rings. The summed E-state index contributed by atoms with van der Waals surface area (Å²) in [7, 11) is 0. The molecule has 0 saturated carbocycles. The van der Waals surface area contributed by atoms with E-state index in [2.05, 4.69) is 53.6 Å². The maximum Gasteiger partial charge on any atom is 0.113 e. The number of aryl methyl sites for hydroxylation is 1. The van der Waals surface area contributed by atoms with E-state index in [1.165, 1.54) is 30.4 Å². The van der Waals surface area contributed by atoms with Gasteiger partial charge in [-0.05, 0) is 24.0 Å². The third kappa shape index (κ3) is 4.28. The van der Waals surface area contributed by atoms with Crippen molar-refractivity contribution in [2.24, 2.45) is 0 Å². The van der Waals surface area contributed by atoms with Gasteiger partial charge in [0.05, 0.1) is 12.7 Å². The molecule has 0 spiro atoms. The van der Waals surface area contributed by atoms with Gasteiger partial charge < -0.3 is 0 Å². The maximum atomic E-state index is 4.30. The topological polar surface area (TPSA) is 30.7 Å². The third-order valence-electron chi connectivity index (χ3n) is 4.04. The number of hydrogen-bond donors (Lipinski definition) is 0. The highest BCUT2D eigenvalue weighted by molar-refractivity contribution is 5.58. The fourth-order valence-electron chi connectivity index (χ4n) is 2.70. The number of aromatic nitrogens is 3. The van der Waals surface area contributed by atoms with Crippen LogP contribution in [0.15, 0.2) is 60.8 Å². The molecular weight excluding hydrogens is 282 g/mol. The second kappa shape index (κ2) is 7.73. The highest BCUT2D eigenvalue weighted by atomic mass is 15.4. The normalized spacial score (nSPS) is 10.8. The van der Waals surface area contributed by atoms with Gasteiger partial charge in [-0.25, -0.2) is 4.68 Å².